The number of hydrogen-bond acceptors (Lipinski definition) is 3. The van der Waals surface area contributed by atoms with Crippen molar-refractivity contribution in [3.63, 3.8) is 0 Å². The van der Waals surface area contributed by atoms with Gasteiger partial charge in [-0.25, -0.2) is 0 Å². The van der Waals surface area contributed by atoms with Crippen molar-refractivity contribution in [1.82, 2.24) is 4.90 Å². The fourth-order valence-corrected chi connectivity index (χ4v) is 2.40. The molecule has 98 valence electrons. The molecule has 1 aliphatic rings. The predicted molar refractivity (Wildman–Crippen MR) is 73.7 cm³/mol. The number of hydrogen-bond donors (Lipinski definition) is 2. The van der Waals surface area contributed by atoms with Crippen LogP contribution in [0.25, 0.3) is 0 Å². The summed E-state index contributed by atoms with van der Waals surface area (Å²) >= 11 is 5.86. The van der Waals surface area contributed by atoms with Crippen molar-refractivity contribution in [2.24, 2.45) is 5.73 Å². The van der Waals surface area contributed by atoms with Crippen LogP contribution in [0.1, 0.15) is 12.8 Å². The molecule has 1 amide bonds. The van der Waals surface area contributed by atoms with Gasteiger partial charge in [-0.1, -0.05) is 17.7 Å². The maximum absolute atomic E-state index is 11.9. The molecule has 18 heavy (non-hydrogen) atoms. The van der Waals surface area contributed by atoms with E-state index in [1.807, 2.05) is 12.1 Å². The number of amides is 1. The second-order valence-electron chi connectivity index (χ2n) is 4.70. The van der Waals surface area contributed by atoms with E-state index >= 15 is 0 Å². The molecule has 0 aromatic heterocycles. The van der Waals surface area contributed by atoms with Gasteiger partial charge in [-0.05, 0) is 37.6 Å². The normalized spacial score (nSPS) is 20.7. The zero-order valence-corrected chi connectivity index (χ0v) is 11.0. The summed E-state index contributed by atoms with van der Waals surface area (Å²) in [5.41, 5.74) is 6.61. The molecule has 0 radical (unpaired) electrons. The highest BCUT2D eigenvalue weighted by Crippen LogP contribution is 2.15. The third-order valence-corrected chi connectivity index (χ3v) is 3.25. The van der Waals surface area contributed by atoms with Gasteiger partial charge in [0.1, 0.15) is 0 Å². The van der Waals surface area contributed by atoms with Gasteiger partial charge in [0.05, 0.1) is 6.54 Å². The predicted octanol–water partition coefficient (Wildman–Crippen LogP) is 1.70. The Balaban J connectivity index is 1.85. The van der Waals surface area contributed by atoms with Gasteiger partial charge in [0.15, 0.2) is 0 Å². The number of benzene rings is 1. The van der Waals surface area contributed by atoms with E-state index in [4.69, 9.17) is 17.3 Å². The molecule has 2 rings (SSSR count). The van der Waals surface area contributed by atoms with Gasteiger partial charge in [-0.3, -0.25) is 9.69 Å². The summed E-state index contributed by atoms with van der Waals surface area (Å²) in [6.45, 7) is 2.12. The Bertz CT molecular complexity index is 424. The lowest BCUT2D eigenvalue weighted by atomic mass is 10.1. The average Bonchev–Trinajstić information content (AvgIpc) is 2.28. The van der Waals surface area contributed by atoms with E-state index in [2.05, 4.69) is 10.2 Å². The SMILES string of the molecule is NC1CCCN(CC(=O)Nc2cccc(Cl)c2)C1. The van der Waals surface area contributed by atoms with Crippen molar-refractivity contribution in [1.29, 1.82) is 0 Å². The van der Waals surface area contributed by atoms with Crippen LogP contribution in [0, 0.1) is 0 Å². The van der Waals surface area contributed by atoms with Gasteiger partial charge in [0.2, 0.25) is 5.91 Å². The highest BCUT2D eigenvalue weighted by Gasteiger charge is 2.18. The van der Waals surface area contributed by atoms with Crippen LogP contribution in [0.3, 0.4) is 0 Å². The number of likely N-dealkylation sites (tertiary alicyclic amines) is 1. The summed E-state index contributed by atoms with van der Waals surface area (Å²) in [5.74, 6) is -0.0219. The van der Waals surface area contributed by atoms with Crippen LogP contribution in [-0.4, -0.2) is 36.5 Å². The molecular weight excluding hydrogens is 250 g/mol. The number of nitrogens with zero attached hydrogens (tertiary/aromatic N) is 1. The van der Waals surface area contributed by atoms with E-state index in [1.165, 1.54) is 0 Å². The van der Waals surface area contributed by atoms with Gasteiger partial charge in [0, 0.05) is 23.3 Å². The quantitative estimate of drug-likeness (QED) is 0.876. The van der Waals surface area contributed by atoms with E-state index in [0.717, 1.165) is 31.6 Å². The van der Waals surface area contributed by atoms with Gasteiger partial charge >= 0.3 is 0 Å². The van der Waals surface area contributed by atoms with Crippen LogP contribution in [0.5, 0.6) is 0 Å². The Morgan fingerprint density at radius 2 is 2.39 bits per heavy atom. The van der Waals surface area contributed by atoms with Gasteiger partial charge in [-0.15, -0.1) is 0 Å². The topological polar surface area (TPSA) is 58.4 Å². The van der Waals surface area contributed by atoms with Crippen LogP contribution < -0.4 is 11.1 Å². The summed E-state index contributed by atoms with van der Waals surface area (Å²) in [5, 5.41) is 3.46. The lowest BCUT2D eigenvalue weighted by molar-refractivity contribution is -0.117. The maximum Gasteiger partial charge on any atom is 0.238 e. The largest absolute Gasteiger partial charge is 0.327 e. The molecule has 0 aliphatic carbocycles. The summed E-state index contributed by atoms with van der Waals surface area (Å²) < 4.78 is 0. The second kappa shape index (κ2) is 6.18. The summed E-state index contributed by atoms with van der Waals surface area (Å²) in [6, 6.07) is 7.35. The molecule has 3 N–H and O–H groups in total. The Morgan fingerprint density at radius 1 is 1.56 bits per heavy atom. The number of carbonyl (C=O) groups excluding carboxylic acids is 1. The van der Waals surface area contributed by atoms with Gasteiger partial charge in [-0.2, -0.15) is 0 Å². The van der Waals surface area contributed by atoms with Crippen LogP contribution in [0.2, 0.25) is 5.02 Å². The third kappa shape index (κ3) is 3.98. The first-order chi connectivity index (χ1) is 8.63. The molecule has 0 spiro atoms. The Hall–Kier alpha value is -1.10. The Labute approximate surface area is 112 Å². The monoisotopic (exact) mass is 267 g/mol. The van der Waals surface area contributed by atoms with Crippen molar-refractivity contribution < 1.29 is 4.79 Å². The molecule has 1 heterocycles. The minimum atomic E-state index is -0.0219. The summed E-state index contributed by atoms with van der Waals surface area (Å²) in [7, 11) is 0. The van der Waals surface area contributed by atoms with E-state index in [-0.39, 0.29) is 11.9 Å². The van der Waals surface area contributed by atoms with Gasteiger partial charge < -0.3 is 11.1 Å². The smallest absolute Gasteiger partial charge is 0.238 e. The average molecular weight is 268 g/mol. The Morgan fingerprint density at radius 3 is 3.11 bits per heavy atom. The van der Waals surface area contributed by atoms with E-state index in [9.17, 15) is 4.79 Å². The maximum atomic E-state index is 11.9. The van der Waals surface area contributed by atoms with Crippen LogP contribution in [-0.2, 0) is 4.79 Å². The van der Waals surface area contributed by atoms with Crippen LogP contribution >= 0.6 is 11.6 Å². The van der Waals surface area contributed by atoms with Crippen molar-refractivity contribution >= 4 is 23.2 Å². The molecule has 1 atom stereocenters. The lowest BCUT2D eigenvalue weighted by Crippen LogP contribution is -2.45. The Kier molecular flexibility index (Phi) is 4.58. The number of anilines is 1. The molecule has 0 bridgehead atoms. The van der Waals surface area contributed by atoms with E-state index < -0.39 is 0 Å². The second-order valence-corrected chi connectivity index (χ2v) is 5.13. The number of rotatable bonds is 3. The number of piperidine rings is 1. The number of halogens is 1. The molecule has 4 nitrogen and oxygen atoms in total. The molecule has 1 saturated heterocycles. The summed E-state index contributed by atoms with van der Waals surface area (Å²) in [6.07, 6.45) is 2.11. The molecule has 1 unspecified atom stereocenters. The molecule has 5 heteroatoms. The molecule has 1 aromatic rings. The molecular formula is C13H18ClN3O. The van der Waals surface area contributed by atoms with Crippen molar-refractivity contribution in [3.05, 3.63) is 29.3 Å². The van der Waals surface area contributed by atoms with E-state index in [0.29, 0.717) is 11.6 Å². The lowest BCUT2D eigenvalue weighted by Gasteiger charge is -2.29. The first-order valence-electron chi connectivity index (χ1n) is 6.17. The third-order valence-electron chi connectivity index (χ3n) is 3.02. The minimum absolute atomic E-state index is 0.0219. The standard InChI is InChI=1S/C13H18ClN3O/c14-10-3-1-5-12(7-10)16-13(18)9-17-6-2-4-11(15)8-17/h1,3,5,7,11H,2,4,6,8-9,15H2,(H,16,18). The summed E-state index contributed by atoms with van der Waals surface area (Å²) in [4.78, 5) is 14.0. The first kappa shape index (κ1) is 13.3. The fraction of sp³-hybridized carbons (Fsp3) is 0.462. The highest BCUT2D eigenvalue weighted by molar-refractivity contribution is 6.30. The van der Waals surface area contributed by atoms with Gasteiger partial charge in [0.25, 0.3) is 0 Å². The highest BCUT2D eigenvalue weighted by atomic mass is 35.5. The first-order valence-corrected chi connectivity index (χ1v) is 6.54. The fourth-order valence-electron chi connectivity index (χ4n) is 2.20. The van der Waals surface area contributed by atoms with Crippen molar-refractivity contribution in [2.75, 3.05) is 25.0 Å². The van der Waals surface area contributed by atoms with Crippen LogP contribution in [0.4, 0.5) is 5.69 Å². The van der Waals surface area contributed by atoms with Crippen LogP contribution in [0.15, 0.2) is 24.3 Å². The zero-order valence-electron chi connectivity index (χ0n) is 10.2. The van der Waals surface area contributed by atoms with E-state index in [1.54, 1.807) is 12.1 Å². The number of carbonyl (C=O) groups is 1. The molecule has 1 aromatic carbocycles. The van der Waals surface area contributed by atoms with Crippen molar-refractivity contribution in [2.45, 2.75) is 18.9 Å². The zero-order chi connectivity index (χ0) is 13.0. The molecule has 0 saturated carbocycles. The molecule has 1 aliphatic heterocycles. The number of nitrogens with one attached hydrogen (secondary N) is 1. The number of nitrogens with two attached hydrogens (primary N) is 1. The minimum Gasteiger partial charge on any atom is -0.327 e. The van der Waals surface area contributed by atoms with Crippen molar-refractivity contribution in [3.8, 4) is 0 Å². The molecule has 1 fully saturated rings.